The maximum Gasteiger partial charge on any atom is 0.290 e. The molecular weight excluding hydrogens is 346 g/mol. The minimum Gasteiger partial charge on any atom is -0.489 e. The van der Waals surface area contributed by atoms with E-state index in [4.69, 9.17) is 20.8 Å². The molecule has 0 aliphatic rings. The van der Waals surface area contributed by atoms with E-state index in [-0.39, 0.29) is 12.5 Å². The molecule has 1 amide bonds. The highest BCUT2D eigenvalue weighted by atomic mass is 35.5. The van der Waals surface area contributed by atoms with Gasteiger partial charge >= 0.3 is 0 Å². The van der Waals surface area contributed by atoms with Gasteiger partial charge in [-0.05, 0) is 30.3 Å². The monoisotopic (exact) mass is 361 g/mol. The number of furan rings is 1. The third kappa shape index (κ3) is 3.99. The summed E-state index contributed by atoms with van der Waals surface area (Å²) < 4.78 is 11.8. The number of hydrogen-bond acceptors (Lipinski definition) is 4. The van der Waals surface area contributed by atoms with Crippen molar-refractivity contribution >= 4 is 28.8 Å². The molecule has 2 aromatic heterocycles. The van der Waals surface area contributed by atoms with Crippen LogP contribution in [-0.2, 0) is 13.2 Å². The quantitative estimate of drug-likeness (QED) is 0.630. The minimum absolute atomic E-state index is 0.184. The van der Waals surface area contributed by atoms with Crippen LogP contribution in [-0.4, -0.2) is 17.9 Å². The van der Waals surface area contributed by atoms with Gasteiger partial charge in [-0.1, -0.05) is 29.8 Å². The standard InChI is InChI=1S/C18H16ClNO3S/c1-20(11-15-7-8-16(19)24-15)18(21)17-13(9-10-22-17)12-23-14-5-3-2-4-6-14/h2-10H,11-12H2,1H3. The zero-order valence-electron chi connectivity index (χ0n) is 13.1. The molecule has 0 N–H and O–H groups in total. The molecule has 0 unspecified atom stereocenters. The van der Waals surface area contributed by atoms with Gasteiger partial charge < -0.3 is 14.1 Å². The highest BCUT2D eigenvalue weighted by Crippen LogP contribution is 2.23. The number of carbonyl (C=O) groups is 1. The first kappa shape index (κ1) is 16.6. The normalized spacial score (nSPS) is 10.6. The van der Waals surface area contributed by atoms with Crippen LogP contribution in [0.3, 0.4) is 0 Å². The van der Waals surface area contributed by atoms with Crippen LogP contribution in [0.25, 0.3) is 0 Å². The molecule has 2 heterocycles. The predicted molar refractivity (Wildman–Crippen MR) is 94.6 cm³/mol. The summed E-state index contributed by atoms with van der Waals surface area (Å²) in [6.45, 7) is 0.760. The number of rotatable bonds is 6. The fraction of sp³-hybridized carbons (Fsp3) is 0.167. The summed E-state index contributed by atoms with van der Waals surface area (Å²) in [5.74, 6) is 0.867. The maximum absolute atomic E-state index is 12.6. The van der Waals surface area contributed by atoms with Crippen molar-refractivity contribution in [3.05, 3.63) is 75.3 Å². The summed E-state index contributed by atoms with van der Waals surface area (Å²) in [6, 6.07) is 15.0. The lowest BCUT2D eigenvalue weighted by atomic mass is 10.2. The van der Waals surface area contributed by atoms with Crippen molar-refractivity contribution in [3.63, 3.8) is 0 Å². The Hall–Kier alpha value is -2.24. The SMILES string of the molecule is CN(Cc1ccc(Cl)s1)C(=O)c1occc1COc1ccccc1. The van der Waals surface area contributed by atoms with Crippen molar-refractivity contribution in [1.82, 2.24) is 4.90 Å². The number of thiophene rings is 1. The lowest BCUT2D eigenvalue weighted by Gasteiger charge is -2.15. The third-order valence-electron chi connectivity index (χ3n) is 3.45. The molecule has 124 valence electrons. The van der Waals surface area contributed by atoms with Gasteiger partial charge in [-0.3, -0.25) is 4.79 Å². The number of nitrogens with zero attached hydrogens (tertiary/aromatic N) is 1. The van der Waals surface area contributed by atoms with Crippen LogP contribution in [0.4, 0.5) is 0 Å². The van der Waals surface area contributed by atoms with E-state index in [0.717, 1.165) is 16.2 Å². The number of para-hydroxylation sites is 1. The lowest BCUT2D eigenvalue weighted by molar-refractivity contribution is 0.0751. The molecule has 24 heavy (non-hydrogen) atoms. The topological polar surface area (TPSA) is 42.7 Å². The molecule has 0 bridgehead atoms. The summed E-state index contributed by atoms with van der Waals surface area (Å²) in [6.07, 6.45) is 1.51. The Morgan fingerprint density at radius 2 is 2.00 bits per heavy atom. The molecule has 1 aromatic carbocycles. The van der Waals surface area contributed by atoms with Gasteiger partial charge in [0, 0.05) is 17.5 Å². The van der Waals surface area contributed by atoms with E-state index in [1.807, 2.05) is 42.5 Å². The summed E-state index contributed by atoms with van der Waals surface area (Å²) in [4.78, 5) is 15.2. The Morgan fingerprint density at radius 3 is 2.71 bits per heavy atom. The van der Waals surface area contributed by atoms with Gasteiger partial charge in [-0.25, -0.2) is 0 Å². The van der Waals surface area contributed by atoms with E-state index < -0.39 is 0 Å². The van der Waals surface area contributed by atoms with Crippen LogP contribution in [0.5, 0.6) is 5.75 Å². The number of halogens is 1. The van der Waals surface area contributed by atoms with Crippen molar-refractivity contribution in [2.75, 3.05) is 7.05 Å². The number of hydrogen-bond donors (Lipinski definition) is 0. The van der Waals surface area contributed by atoms with Gasteiger partial charge in [0.15, 0.2) is 5.76 Å². The fourth-order valence-electron chi connectivity index (χ4n) is 2.23. The molecule has 3 aromatic rings. The van der Waals surface area contributed by atoms with Gasteiger partial charge in [0.1, 0.15) is 12.4 Å². The van der Waals surface area contributed by atoms with Crippen LogP contribution in [0.2, 0.25) is 4.34 Å². The summed E-state index contributed by atoms with van der Waals surface area (Å²) in [5, 5.41) is 0. The van der Waals surface area contributed by atoms with E-state index in [0.29, 0.717) is 16.6 Å². The average molecular weight is 362 g/mol. The molecule has 0 spiro atoms. The van der Waals surface area contributed by atoms with Gasteiger partial charge in [-0.15, -0.1) is 11.3 Å². The second-order valence-corrected chi connectivity index (χ2v) is 7.04. The maximum atomic E-state index is 12.6. The average Bonchev–Trinajstić information content (AvgIpc) is 3.22. The van der Waals surface area contributed by atoms with Crippen LogP contribution < -0.4 is 4.74 Å². The fourth-order valence-corrected chi connectivity index (χ4v) is 3.37. The molecule has 0 radical (unpaired) electrons. The first-order chi connectivity index (χ1) is 11.6. The van der Waals surface area contributed by atoms with Crippen molar-refractivity contribution in [3.8, 4) is 5.75 Å². The molecule has 0 atom stereocenters. The summed E-state index contributed by atoms with van der Waals surface area (Å²) >= 11 is 7.39. The Morgan fingerprint density at radius 1 is 1.21 bits per heavy atom. The molecule has 4 nitrogen and oxygen atoms in total. The Kier molecular flexibility index (Phi) is 5.23. The van der Waals surface area contributed by atoms with E-state index in [9.17, 15) is 4.79 Å². The second-order valence-electron chi connectivity index (χ2n) is 5.24. The Balaban J connectivity index is 1.66. The largest absolute Gasteiger partial charge is 0.489 e. The van der Waals surface area contributed by atoms with E-state index >= 15 is 0 Å². The second kappa shape index (κ2) is 7.55. The van der Waals surface area contributed by atoms with Gasteiger partial charge in [0.25, 0.3) is 5.91 Å². The highest BCUT2D eigenvalue weighted by Gasteiger charge is 2.20. The number of amides is 1. The van der Waals surface area contributed by atoms with Crippen molar-refractivity contribution in [1.29, 1.82) is 0 Å². The van der Waals surface area contributed by atoms with Crippen LogP contribution in [0.1, 0.15) is 21.0 Å². The molecule has 0 saturated carbocycles. The zero-order valence-corrected chi connectivity index (χ0v) is 14.6. The molecule has 3 rings (SSSR count). The molecule has 0 fully saturated rings. The van der Waals surface area contributed by atoms with Crippen molar-refractivity contribution < 1.29 is 13.9 Å². The number of carbonyl (C=O) groups excluding carboxylic acids is 1. The molecule has 0 saturated heterocycles. The summed E-state index contributed by atoms with van der Waals surface area (Å²) in [5.41, 5.74) is 0.722. The molecule has 6 heteroatoms. The smallest absolute Gasteiger partial charge is 0.290 e. The van der Waals surface area contributed by atoms with E-state index in [2.05, 4.69) is 0 Å². The van der Waals surface area contributed by atoms with Gasteiger partial charge in [0.2, 0.25) is 0 Å². The lowest BCUT2D eigenvalue weighted by Crippen LogP contribution is -2.26. The molecule has 0 aliphatic carbocycles. The van der Waals surface area contributed by atoms with Gasteiger partial charge in [0.05, 0.1) is 17.1 Å². The zero-order chi connectivity index (χ0) is 16.9. The van der Waals surface area contributed by atoms with Crippen molar-refractivity contribution in [2.24, 2.45) is 0 Å². The Bertz CT molecular complexity index is 813. The van der Waals surface area contributed by atoms with Crippen molar-refractivity contribution in [2.45, 2.75) is 13.2 Å². The number of ether oxygens (including phenoxy) is 1. The first-order valence-corrected chi connectivity index (χ1v) is 8.57. The van der Waals surface area contributed by atoms with Crippen LogP contribution in [0.15, 0.2) is 59.2 Å². The highest BCUT2D eigenvalue weighted by molar-refractivity contribution is 7.16. The van der Waals surface area contributed by atoms with E-state index in [1.165, 1.54) is 17.6 Å². The molecular formula is C18H16ClNO3S. The summed E-state index contributed by atoms with van der Waals surface area (Å²) in [7, 11) is 1.74. The van der Waals surface area contributed by atoms with Crippen LogP contribution in [0, 0.1) is 0 Å². The van der Waals surface area contributed by atoms with Gasteiger partial charge in [-0.2, -0.15) is 0 Å². The van der Waals surface area contributed by atoms with Crippen LogP contribution >= 0.6 is 22.9 Å². The first-order valence-electron chi connectivity index (χ1n) is 7.37. The Labute approximate surface area is 149 Å². The third-order valence-corrected chi connectivity index (χ3v) is 4.66. The number of benzene rings is 1. The van der Waals surface area contributed by atoms with E-state index in [1.54, 1.807) is 18.0 Å². The predicted octanol–water partition coefficient (Wildman–Crippen LogP) is 4.85. The minimum atomic E-state index is -0.184. The molecule has 0 aliphatic heterocycles.